The summed E-state index contributed by atoms with van der Waals surface area (Å²) in [6.45, 7) is 6.05. The minimum atomic E-state index is -0.575. The molecule has 6 nitrogen and oxygen atoms in total. The first-order chi connectivity index (χ1) is 12.4. The molecule has 1 aromatic rings. The second-order valence-corrected chi connectivity index (χ2v) is 6.62. The molecule has 0 aromatic heterocycles. The quantitative estimate of drug-likeness (QED) is 0.405. The molecule has 1 heterocycles. The van der Waals surface area contributed by atoms with Gasteiger partial charge in [0.2, 0.25) is 5.91 Å². The van der Waals surface area contributed by atoms with E-state index >= 15 is 0 Å². The van der Waals surface area contributed by atoms with Crippen LogP contribution >= 0.6 is 0 Å². The molecule has 1 unspecified atom stereocenters. The van der Waals surface area contributed by atoms with Gasteiger partial charge in [-0.2, -0.15) is 0 Å². The average Bonchev–Trinajstić information content (AvgIpc) is 3.05. The monoisotopic (exact) mass is 367 g/mol. The van der Waals surface area contributed by atoms with Crippen LogP contribution in [0.5, 0.6) is 0 Å². The minimum Gasteiger partial charge on any atom is -0.367 e. The largest absolute Gasteiger partial charge is 0.367 e. The van der Waals surface area contributed by atoms with Gasteiger partial charge in [-0.3, -0.25) is 9.79 Å². The maximum Gasteiger partial charge on any atom is 0.222 e. The van der Waals surface area contributed by atoms with Crippen LogP contribution < -0.4 is 20.9 Å². The Morgan fingerprint density at radius 3 is 2.69 bits per heavy atom. The third kappa shape index (κ3) is 5.57. The SMILES string of the molecule is CN=C(NCCNC(=O)C(C)C)NC1CCN(c2ccc(F)cc2F)C1. The lowest BCUT2D eigenvalue weighted by Crippen LogP contribution is -2.46. The van der Waals surface area contributed by atoms with Crippen molar-refractivity contribution in [2.45, 2.75) is 26.3 Å². The molecule has 0 spiro atoms. The molecule has 1 aliphatic heterocycles. The van der Waals surface area contributed by atoms with Crippen LogP contribution in [0.1, 0.15) is 20.3 Å². The third-order valence-corrected chi connectivity index (χ3v) is 4.24. The first-order valence-electron chi connectivity index (χ1n) is 8.85. The van der Waals surface area contributed by atoms with Gasteiger partial charge in [0, 0.05) is 51.3 Å². The Hall–Kier alpha value is -2.38. The summed E-state index contributed by atoms with van der Waals surface area (Å²) >= 11 is 0. The van der Waals surface area contributed by atoms with Crippen LogP contribution in [0.25, 0.3) is 0 Å². The number of amides is 1. The molecule has 1 atom stereocenters. The van der Waals surface area contributed by atoms with Crippen molar-refractivity contribution in [3.05, 3.63) is 29.8 Å². The molecule has 3 N–H and O–H groups in total. The molecule has 1 saturated heterocycles. The molecule has 0 bridgehead atoms. The highest BCUT2D eigenvalue weighted by Crippen LogP contribution is 2.24. The summed E-state index contributed by atoms with van der Waals surface area (Å²) < 4.78 is 27.0. The standard InChI is InChI=1S/C18H27F2N5O/c1-12(2)17(26)22-7-8-23-18(21-3)24-14-6-9-25(11-14)16-5-4-13(19)10-15(16)20/h4-5,10,12,14H,6-9,11H2,1-3H3,(H,22,26)(H2,21,23,24). The second kappa shape index (κ2) is 9.35. The van der Waals surface area contributed by atoms with Gasteiger partial charge in [-0.15, -0.1) is 0 Å². The Labute approximate surface area is 153 Å². The highest BCUT2D eigenvalue weighted by molar-refractivity contribution is 5.80. The number of benzene rings is 1. The van der Waals surface area contributed by atoms with Gasteiger partial charge in [-0.05, 0) is 18.6 Å². The van der Waals surface area contributed by atoms with Crippen molar-refractivity contribution in [3.8, 4) is 0 Å². The molecule has 26 heavy (non-hydrogen) atoms. The number of hydrogen-bond acceptors (Lipinski definition) is 3. The summed E-state index contributed by atoms with van der Waals surface area (Å²) in [5, 5.41) is 9.27. The van der Waals surface area contributed by atoms with E-state index in [4.69, 9.17) is 0 Å². The van der Waals surface area contributed by atoms with Crippen molar-refractivity contribution in [2.24, 2.45) is 10.9 Å². The van der Waals surface area contributed by atoms with Crippen molar-refractivity contribution in [3.63, 3.8) is 0 Å². The highest BCUT2D eigenvalue weighted by Gasteiger charge is 2.25. The van der Waals surface area contributed by atoms with Crippen LogP contribution in [0.2, 0.25) is 0 Å². The van der Waals surface area contributed by atoms with Gasteiger partial charge >= 0.3 is 0 Å². The molecule has 1 aliphatic rings. The Kier molecular flexibility index (Phi) is 7.17. The molecule has 1 amide bonds. The van der Waals surface area contributed by atoms with E-state index in [2.05, 4.69) is 20.9 Å². The predicted octanol–water partition coefficient (Wildman–Crippen LogP) is 1.48. The fraction of sp³-hybridized carbons (Fsp3) is 0.556. The van der Waals surface area contributed by atoms with Gasteiger partial charge in [0.25, 0.3) is 0 Å². The van der Waals surface area contributed by atoms with E-state index in [0.29, 0.717) is 37.8 Å². The summed E-state index contributed by atoms with van der Waals surface area (Å²) in [4.78, 5) is 17.6. The van der Waals surface area contributed by atoms with Gasteiger partial charge in [-0.25, -0.2) is 8.78 Å². The Bertz CT molecular complexity index is 650. The third-order valence-electron chi connectivity index (χ3n) is 4.24. The lowest BCUT2D eigenvalue weighted by molar-refractivity contribution is -0.123. The van der Waals surface area contributed by atoms with E-state index in [-0.39, 0.29) is 17.9 Å². The number of anilines is 1. The molecule has 144 valence electrons. The Morgan fingerprint density at radius 1 is 1.31 bits per heavy atom. The van der Waals surface area contributed by atoms with Gasteiger partial charge in [-0.1, -0.05) is 13.8 Å². The lowest BCUT2D eigenvalue weighted by atomic mass is 10.2. The maximum atomic E-state index is 13.9. The molecule has 0 saturated carbocycles. The fourth-order valence-electron chi connectivity index (χ4n) is 2.79. The first kappa shape index (κ1) is 19.9. The zero-order chi connectivity index (χ0) is 19.1. The topological polar surface area (TPSA) is 68.8 Å². The van der Waals surface area contributed by atoms with Crippen LogP contribution in [0, 0.1) is 17.6 Å². The number of guanidine groups is 1. The zero-order valence-corrected chi connectivity index (χ0v) is 15.5. The van der Waals surface area contributed by atoms with Crippen LogP contribution in [0.15, 0.2) is 23.2 Å². The average molecular weight is 367 g/mol. The molecule has 2 rings (SSSR count). The van der Waals surface area contributed by atoms with Crippen molar-refractivity contribution in [1.82, 2.24) is 16.0 Å². The summed E-state index contributed by atoms with van der Waals surface area (Å²) in [6.07, 6.45) is 0.821. The van der Waals surface area contributed by atoms with Crippen LogP contribution in [0.3, 0.4) is 0 Å². The molecular weight excluding hydrogens is 340 g/mol. The predicted molar refractivity (Wildman–Crippen MR) is 99.3 cm³/mol. The van der Waals surface area contributed by atoms with Gasteiger partial charge in [0.15, 0.2) is 5.96 Å². The van der Waals surface area contributed by atoms with Crippen LogP contribution in [-0.4, -0.2) is 51.1 Å². The number of nitrogens with one attached hydrogen (secondary N) is 3. The van der Waals surface area contributed by atoms with Crippen molar-refractivity contribution in [2.75, 3.05) is 38.1 Å². The number of carbonyl (C=O) groups is 1. The Morgan fingerprint density at radius 2 is 2.04 bits per heavy atom. The van der Waals surface area contributed by atoms with Crippen molar-refractivity contribution >= 4 is 17.6 Å². The van der Waals surface area contributed by atoms with E-state index < -0.39 is 11.6 Å². The number of aliphatic imine (C=N–C) groups is 1. The number of carbonyl (C=O) groups excluding carboxylic acids is 1. The maximum absolute atomic E-state index is 13.9. The van der Waals surface area contributed by atoms with Crippen molar-refractivity contribution in [1.29, 1.82) is 0 Å². The smallest absolute Gasteiger partial charge is 0.222 e. The van der Waals surface area contributed by atoms with E-state index in [1.807, 2.05) is 18.7 Å². The summed E-state index contributed by atoms with van der Waals surface area (Å²) in [5.41, 5.74) is 0.412. The number of rotatable bonds is 6. The number of halogens is 2. The fourth-order valence-corrected chi connectivity index (χ4v) is 2.79. The first-order valence-corrected chi connectivity index (χ1v) is 8.85. The summed E-state index contributed by atoms with van der Waals surface area (Å²) in [7, 11) is 1.67. The Balaban J connectivity index is 1.78. The zero-order valence-electron chi connectivity index (χ0n) is 15.5. The molecular formula is C18H27F2N5O. The van der Waals surface area contributed by atoms with E-state index in [1.165, 1.54) is 12.1 Å². The number of nitrogens with zero attached hydrogens (tertiary/aromatic N) is 2. The molecule has 1 aromatic carbocycles. The summed E-state index contributed by atoms with van der Waals surface area (Å²) in [5.74, 6) is -0.509. The number of hydrogen-bond donors (Lipinski definition) is 3. The van der Waals surface area contributed by atoms with Crippen LogP contribution in [-0.2, 0) is 4.79 Å². The van der Waals surface area contributed by atoms with Gasteiger partial charge in [0.1, 0.15) is 11.6 Å². The van der Waals surface area contributed by atoms with E-state index in [0.717, 1.165) is 12.5 Å². The van der Waals surface area contributed by atoms with Crippen molar-refractivity contribution < 1.29 is 13.6 Å². The molecule has 0 aliphatic carbocycles. The molecule has 8 heteroatoms. The van der Waals surface area contributed by atoms with Gasteiger partial charge < -0.3 is 20.9 Å². The van der Waals surface area contributed by atoms with E-state index in [9.17, 15) is 13.6 Å². The lowest BCUT2D eigenvalue weighted by Gasteiger charge is -2.21. The molecule has 1 fully saturated rings. The summed E-state index contributed by atoms with van der Waals surface area (Å²) in [6, 6.07) is 3.75. The minimum absolute atomic E-state index is 0.0162. The van der Waals surface area contributed by atoms with Gasteiger partial charge in [0.05, 0.1) is 5.69 Å². The van der Waals surface area contributed by atoms with Crippen LogP contribution in [0.4, 0.5) is 14.5 Å². The van der Waals surface area contributed by atoms with E-state index in [1.54, 1.807) is 7.05 Å². The second-order valence-electron chi connectivity index (χ2n) is 6.62. The molecule has 0 radical (unpaired) electrons. The normalized spacial score (nSPS) is 17.5. The highest BCUT2D eigenvalue weighted by atomic mass is 19.1.